The highest BCUT2D eigenvalue weighted by atomic mass is 15.1. The lowest BCUT2D eigenvalue weighted by Crippen LogP contribution is -2.10. The molecule has 1 aliphatic heterocycles. The molecule has 1 nitrogen and oxygen atoms in total. The zero-order chi connectivity index (χ0) is 11.0. The number of hydrogen-bond acceptors (Lipinski definition) is 1. The van der Waals surface area contributed by atoms with E-state index in [0.29, 0.717) is 0 Å². The van der Waals surface area contributed by atoms with E-state index in [4.69, 9.17) is 0 Å². The van der Waals surface area contributed by atoms with Crippen LogP contribution >= 0.6 is 0 Å². The summed E-state index contributed by atoms with van der Waals surface area (Å²) in [6, 6.07) is 16.9. The fourth-order valence-corrected chi connectivity index (χ4v) is 2.18. The third-order valence-corrected chi connectivity index (χ3v) is 3.04. The van der Waals surface area contributed by atoms with Crippen LogP contribution in [0.25, 0.3) is 12.2 Å². The second-order valence-corrected chi connectivity index (χ2v) is 4.01. The van der Waals surface area contributed by atoms with Crippen LogP contribution < -0.4 is 4.90 Å². The first-order chi connectivity index (χ1) is 7.86. The van der Waals surface area contributed by atoms with Gasteiger partial charge in [-0.2, -0.15) is 0 Å². The van der Waals surface area contributed by atoms with Crippen molar-refractivity contribution >= 4 is 23.5 Å². The van der Waals surface area contributed by atoms with Crippen molar-refractivity contribution in [3.63, 3.8) is 0 Å². The highest BCUT2D eigenvalue weighted by Gasteiger charge is 2.12. The van der Waals surface area contributed by atoms with Gasteiger partial charge in [-0.3, -0.25) is 0 Å². The summed E-state index contributed by atoms with van der Waals surface area (Å²) in [6.07, 6.45) is 4.36. The Labute approximate surface area is 95.6 Å². The van der Waals surface area contributed by atoms with Crippen LogP contribution in [0.2, 0.25) is 0 Å². The second kappa shape index (κ2) is 3.53. The van der Waals surface area contributed by atoms with Crippen LogP contribution in [-0.4, -0.2) is 7.05 Å². The molecule has 16 heavy (non-hydrogen) atoms. The standard InChI is InChI=1S/C15H13N/c1-16-14-8-4-2-6-12(14)10-11-13-7-3-5-9-15(13)16/h2-11H,1H3. The molecule has 0 amide bonds. The lowest BCUT2D eigenvalue weighted by Gasteiger charge is -2.21. The molecule has 0 unspecified atom stereocenters. The molecule has 1 heterocycles. The number of anilines is 2. The van der Waals surface area contributed by atoms with Gasteiger partial charge < -0.3 is 4.90 Å². The summed E-state index contributed by atoms with van der Waals surface area (Å²) in [7, 11) is 2.12. The molecule has 0 saturated carbocycles. The Morgan fingerprint density at radius 3 is 1.62 bits per heavy atom. The maximum atomic E-state index is 2.24. The summed E-state index contributed by atoms with van der Waals surface area (Å²) in [4.78, 5) is 2.24. The van der Waals surface area contributed by atoms with Gasteiger partial charge in [0, 0.05) is 18.4 Å². The first-order valence-electron chi connectivity index (χ1n) is 5.46. The Bertz CT molecular complexity index is 505. The van der Waals surface area contributed by atoms with Gasteiger partial charge in [-0.05, 0) is 23.3 Å². The van der Waals surface area contributed by atoms with Gasteiger partial charge in [0.2, 0.25) is 0 Å². The Kier molecular flexibility index (Phi) is 2.03. The second-order valence-electron chi connectivity index (χ2n) is 4.01. The van der Waals surface area contributed by atoms with Crippen LogP contribution in [0.5, 0.6) is 0 Å². The van der Waals surface area contributed by atoms with E-state index in [1.165, 1.54) is 22.5 Å². The summed E-state index contributed by atoms with van der Waals surface area (Å²) >= 11 is 0. The zero-order valence-corrected chi connectivity index (χ0v) is 9.22. The van der Waals surface area contributed by atoms with Crippen LogP contribution in [0, 0.1) is 0 Å². The number of nitrogens with zero attached hydrogens (tertiary/aromatic N) is 1. The molecule has 0 spiro atoms. The van der Waals surface area contributed by atoms with Gasteiger partial charge in [0.1, 0.15) is 0 Å². The predicted octanol–water partition coefficient (Wildman–Crippen LogP) is 3.94. The van der Waals surface area contributed by atoms with E-state index in [0.717, 1.165) is 0 Å². The Balaban J connectivity index is 2.26. The zero-order valence-electron chi connectivity index (χ0n) is 9.22. The van der Waals surface area contributed by atoms with Crippen molar-refractivity contribution in [3.05, 3.63) is 59.7 Å². The third-order valence-electron chi connectivity index (χ3n) is 3.04. The molecule has 0 radical (unpaired) electrons. The van der Waals surface area contributed by atoms with Crippen LogP contribution in [0.3, 0.4) is 0 Å². The summed E-state index contributed by atoms with van der Waals surface area (Å²) in [5.41, 5.74) is 5.04. The smallest absolute Gasteiger partial charge is 0.0481 e. The lowest BCUT2D eigenvalue weighted by molar-refractivity contribution is 1.20. The molecule has 1 heteroatoms. The molecule has 0 N–H and O–H groups in total. The van der Waals surface area contributed by atoms with Gasteiger partial charge in [0.15, 0.2) is 0 Å². The maximum Gasteiger partial charge on any atom is 0.0481 e. The van der Waals surface area contributed by atoms with Gasteiger partial charge >= 0.3 is 0 Å². The average Bonchev–Trinajstić information content (AvgIpc) is 2.49. The number of rotatable bonds is 0. The van der Waals surface area contributed by atoms with Crippen molar-refractivity contribution in [1.29, 1.82) is 0 Å². The molecule has 0 saturated heterocycles. The number of benzene rings is 2. The fraction of sp³-hybridized carbons (Fsp3) is 0.0667. The van der Waals surface area contributed by atoms with Gasteiger partial charge in [-0.15, -0.1) is 0 Å². The Morgan fingerprint density at radius 1 is 0.688 bits per heavy atom. The molecule has 0 bridgehead atoms. The van der Waals surface area contributed by atoms with E-state index in [1.807, 2.05) is 0 Å². The van der Waals surface area contributed by atoms with E-state index in [2.05, 4.69) is 72.6 Å². The molecule has 3 rings (SSSR count). The van der Waals surface area contributed by atoms with E-state index in [9.17, 15) is 0 Å². The maximum absolute atomic E-state index is 2.24. The van der Waals surface area contributed by atoms with Crippen molar-refractivity contribution in [2.24, 2.45) is 0 Å². The fourth-order valence-electron chi connectivity index (χ4n) is 2.18. The van der Waals surface area contributed by atoms with Crippen LogP contribution in [-0.2, 0) is 0 Å². The Hall–Kier alpha value is -2.02. The van der Waals surface area contributed by atoms with Gasteiger partial charge in [-0.1, -0.05) is 48.6 Å². The first-order valence-corrected chi connectivity index (χ1v) is 5.46. The van der Waals surface area contributed by atoms with Crippen LogP contribution in [0.1, 0.15) is 11.1 Å². The van der Waals surface area contributed by atoms with Gasteiger partial charge in [-0.25, -0.2) is 0 Å². The number of hydrogen-bond donors (Lipinski definition) is 0. The summed E-state index contributed by atoms with van der Waals surface area (Å²) in [6.45, 7) is 0. The highest BCUT2D eigenvalue weighted by Crippen LogP contribution is 2.34. The van der Waals surface area contributed by atoms with Gasteiger partial charge in [0.25, 0.3) is 0 Å². The molecule has 1 aliphatic rings. The molecule has 0 fully saturated rings. The minimum absolute atomic E-state index is 1.25. The normalized spacial score (nSPS) is 12.9. The van der Waals surface area contributed by atoms with E-state index < -0.39 is 0 Å². The Morgan fingerprint density at radius 2 is 1.12 bits per heavy atom. The molecule has 0 aliphatic carbocycles. The molecule has 0 atom stereocenters. The molecule has 0 aromatic heterocycles. The van der Waals surface area contributed by atoms with E-state index in [-0.39, 0.29) is 0 Å². The van der Waals surface area contributed by atoms with E-state index >= 15 is 0 Å². The summed E-state index contributed by atoms with van der Waals surface area (Å²) in [5, 5.41) is 0. The first kappa shape index (κ1) is 9.22. The minimum atomic E-state index is 1.25. The largest absolute Gasteiger partial charge is 0.344 e. The minimum Gasteiger partial charge on any atom is -0.344 e. The topological polar surface area (TPSA) is 3.24 Å². The monoisotopic (exact) mass is 207 g/mol. The molecule has 78 valence electrons. The quantitative estimate of drug-likeness (QED) is 0.632. The third kappa shape index (κ3) is 1.33. The number of fused-ring (bicyclic) bond motifs is 2. The van der Waals surface area contributed by atoms with Crippen molar-refractivity contribution in [2.75, 3.05) is 11.9 Å². The summed E-state index contributed by atoms with van der Waals surface area (Å²) < 4.78 is 0. The average molecular weight is 207 g/mol. The van der Waals surface area contributed by atoms with Gasteiger partial charge in [0.05, 0.1) is 0 Å². The highest BCUT2D eigenvalue weighted by molar-refractivity contribution is 5.88. The molecule has 2 aromatic carbocycles. The SMILES string of the molecule is CN1c2ccccc2C=Cc2ccccc21. The predicted molar refractivity (Wildman–Crippen MR) is 69.9 cm³/mol. The number of para-hydroxylation sites is 2. The van der Waals surface area contributed by atoms with Crippen molar-refractivity contribution in [2.45, 2.75) is 0 Å². The summed E-state index contributed by atoms with van der Waals surface area (Å²) in [5.74, 6) is 0. The lowest BCUT2D eigenvalue weighted by atomic mass is 10.1. The molecule has 2 aromatic rings. The van der Waals surface area contributed by atoms with Crippen molar-refractivity contribution in [3.8, 4) is 0 Å². The van der Waals surface area contributed by atoms with Crippen molar-refractivity contribution in [1.82, 2.24) is 0 Å². The van der Waals surface area contributed by atoms with Crippen LogP contribution in [0.4, 0.5) is 11.4 Å². The molecular weight excluding hydrogens is 194 g/mol. The van der Waals surface area contributed by atoms with E-state index in [1.54, 1.807) is 0 Å². The molecular formula is C15H13N. The van der Waals surface area contributed by atoms with Crippen molar-refractivity contribution < 1.29 is 0 Å². The van der Waals surface area contributed by atoms with Crippen LogP contribution in [0.15, 0.2) is 48.5 Å².